The monoisotopic (exact) mass is 240 g/mol. The summed E-state index contributed by atoms with van der Waals surface area (Å²) in [6.07, 6.45) is 0. The zero-order valence-corrected chi connectivity index (χ0v) is 9.88. The predicted octanol–water partition coefficient (Wildman–Crippen LogP) is 3.49. The topological polar surface area (TPSA) is 65.2 Å². The third-order valence-electron chi connectivity index (χ3n) is 2.71. The third-order valence-corrected chi connectivity index (χ3v) is 2.71. The minimum atomic E-state index is 0.346. The fourth-order valence-electron chi connectivity index (χ4n) is 1.75. The smallest absolute Gasteiger partial charge is 0.204 e. The molecule has 0 bridgehead atoms. The molecule has 0 spiro atoms. The van der Waals surface area contributed by atoms with Crippen molar-refractivity contribution in [1.82, 2.24) is 5.16 Å². The average Bonchev–Trinajstić information content (AvgIpc) is 2.98. The first-order chi connectivity index (χ1) is 8.72. The second-order valence-electron chi connectivity index (χ2n) is 4.15. The van der Waals surface area contributed by atoms with Gasteiger partial charge in [-0.05, 0) is 19.1 Å². The van der Waals surface area contributed by atoms with Gasteiger partial charge in [0.1, 0.15) is 5.76 Å². The first kappa shape index (κ1) is 10.7. The zero-order chi connectivity index (χ0) is 12.5. The first-order valence-corrected chi connectivity index (χ1v) is 5.62. The molecule has 2 heterocycles. The standard InChI is InChI=1S/C14H12N2O2/c1-9-2-4-10(5-3-9)11-6-7-12(17-11)13-8-14(15)16-18-13/h2-8H,1H3,(H2,15,16). The Morgan fingerprint density at radius 3 is 2.33 bits per heavy atom. The second-order valence-corrected chi connectivity index (χ2v) is 4.15. The number of nitrogen functional groups attached to an aromatic ring is 1. The Bertz CT molecular complexity index is 665. The molecule has 0 fully saturated rings. The molecule has 0 aliphatic heterocycles. The van der Waals surface area contributed by atoms with Crippen molar-refractivity contribution in [3.63, 3.8) is 0 Å². The van der Waals surface area contributed by atoms with E-state index in [-0.39, 0.29) is 0 Å². The van der Waals surface area contributed by atoms with E-state index in [9.17, 15) is 0 Å². The van der Waals surface area contributed by atoms with E-state index in [0.717, 1.165) is 11.3 Å². The number of furan rings is 1. The Morgan fingerprint density at radius 1 is 0.944 bits per heavy atom. The van der Waals surface area contributed by atoms with E-state index in [1.165, 1.54) is 5.56 Å². The van der Waals surface area contributed by atoms with Crippen molar-refractivity contribution in [1.29, 1.82) is 0 Å². The van der Waals surface area contributed by atoms with E-state index in [1.54, 1.807) is 6.07 Å². The van der Waals surface area contributed by atoms with Crippen LogP contribution in [0.3, 0.4) is 0 Å². The minimum absolute atomic E-state index is 0.346. The van der Waals surface area contributed by atoms with Crippen LogP contribution in [-0.4, -0.2) is 5.16 Å². The van der Waals surface area contributed by atoms with E-state index in [4.69, 9.17) is 14.7 Å². The molecule has 90 valence electrons. The van der Waals surface area contributed by atoms with Gasteiger partial charge in [0.2, 0.25) is 5.76 Å². The predicted molar refractivity (Wildman–Crippen MR) is 68.8 cm³/mol. The maximum atomic E-state index is 5.72. The maximum absolute atomic E-state index is 5.72. The van der Waals surface area contributed by atoms with Crippen molar-refractivity contribution in [2.45, 2.75) is 6.92 Å². The molecule has 0 saturated heterocycles. The molecular weight excluding hydrogens is 228 g/mol. The average molecular weight is 240 g/mol. The molecular formula is C14H12N2O2. The minimum Gasteiger partial charge on any atom is -0.453 e. The summed E-state index contributed by atoms with van der Waals surface area (Å²) in [5, 5.41) is 3.63. The first-order valence-electron chi connectivity index (χ1n) is 5.62. The highest BCUT2D eigenvalue weighted by Gasteiger charge is 2.10. The highest BCUT2D eigenvalue weighted by Crippen LogP contribution is 2.29. The summed E-state index contributed by atoms with van der Waals surface area (Å²) in [6.45, 7) is 2.05. The van der Waals surface area contributed by atoms with Gasteiger partial charge in [0.25, 0.3) is 0 Å². The van der Waals surface area contributed by atoms with Crippen LogP contribution in [0.2, 0.25) is 0 Å². The summed E-state index contributed by atoms with van der Waals surface area (Å²) in [4.78, 5) is 0. The largest absolute Gasteiger partial charge is 0.453 e. The van der Waals surface area contributed by atoms with Gasteiger partial charge in [-0.2, -0.15) is 0 Å². The molecule has 18 heavy (non-hydrogen) atoms. The number of aromatic nitrogens is 1. The highest BCUT2D eigenvalue weighted by molar-refractivity contribution is 5.63. The molecule has 3 aromatic rings. The van der Waals surface area contributed by atoms with E-state index in [1.807, 2.05) is 36.4 Å². The molecule has 4 heteroatoms. The van der Waals surface area contributed by atoms with Gasteiger partial charge in [0.05, 0.1) is 0 Å². The van der Waals surface area contributed by atoms with Crippen LogP contribution in [0.15, 0.2) is 51.4 Å². The molecule has 0 amide bonds. The fraction of sp³-hybridized carbons (Fsp3) is 0.0714. The molecule has 0 radical (unpaired) electrons. The summed E-state index contributed by atoms with van der Waals surface area (Å²) in [6, 6.07) is 13.5. The number of nitrogens with zero attached hydrogens (tertiary/aromatic N) is 1. The van der Waals surface area contributed by atoms with Crippen LogP contribution >= 0.6 is 0 Å². The highest BCUT2D eigenvalue weighted by atomic mass is 16.5. The number of benzene rings is 1. The van der Waals surface area contributed by atoms with Gasteiger partial charge in [-0.3, -0.25) is 0 Å². The van der Waals surface area contributed by atoms with Crippen molar-refractivity contribution >= 4 is 5.82 Å². The number of hydrogen-bond acceptors (Lipinski definition) is 4. The summed E-state index contributed by atoms with van der Waals surface area (Å²) in [5.74, 6) is 2.29. The van der Waals surface area contributed by atoms with Crippen LogP contribution in [0, 0.1) is 6.92 Å². The number of hydrogen-bond donors (Lipinski definition) is 1. The molecule has 1 aromatic carbocycles. The molecule has 3 rings (SSSR count). The molecule has 4 nitrogen and oxygen atoms in total. The fourth-order valence-corrected chi connectivity index (χ4v) is 1.75. The molecule has 2 N–H and O–H groups in total. The van der Waals surface area contributed by atoms with Crippen LogP contribution in [0.5, 0.6) is 0 Å². The molecule has 0 aliphatic carbocycles. The Morgan fingerprint density at radius 2 is 1.67 bits per heavy atom. The molecule has 2 aromatic heterocycles. The van der Waals surface area contributed by atoms with Crippen molar-refractivity contribution in [2.75, 3.05) is 5.73 Å². The number of rotatable bonds is 2. The molecule has 0 atom stereocenters. The SMILES string of the molecule is Cc1ccc(-c2ccc(-c3cc(N)no3)o2)cc1. The summed E-state index contributed by atoms with van der Waals surface area (Å²) in [5.41, 5.74) is 7.75. The quantitative estimate of drug-likeness (QED) is 0.744. The van der Waals surface area contributed by atoms with Crippen molar-refractivity contribution in [3.8, 4) is 22.8 Å². The Labute approximate surface area is 104 Å². The van der Waals surface area contributed by atoms with Gasteiger partial charge < -0.3 is 14.7 Å². The van der Waals surface area contributed by atoms with Crippen LogP contribution in [-0.2, 0) is 0 Å². The van der Waals surface area contributed by atoms with E-state index in [2.05, 4.69) is 12.1 Å². The van der Waals surface area contributed by atoms with E-state index in [0.29, 0.717) is 17.3 Å². The van der Waals surface area contributed by atoms with E-state index >= 15 is 0 Å². The van der Waals surface area contributed by atoms with Gasteiger partial charge in [0.15, 0.2) is 11.6 Å². The van der Waals surface area contributed by atoms with Gasteiger partial charge in [-0.25, -0.2) is 0 Å². The lowest BCUT2D eigenvalue weighted by atomic mass is 10.1. The Hall–Kier alpha value is -2.49. The Balaban J connectivity index is 1.96. The van der Waals surface area contributed by atoms with Gasteiger partial charge >= 0.3 is 0 Å². The molecule has 0 aliphatic rings. The third kappa shape index (κ3) is 1.88. The summed E-state index contributed by atoms with van der Waals surface area (Å²) in [7, 11) is 0. The van der Waals surface area contributed by atoms with Crippen LogP contribution in [0.1, 0.15) is 5.56 Å². The maximum Gasteiger partial charge on any atom is 0.204 e. The van der Waals surface area contributed by atoms with E-state index < -0.39 is 0 Å². The lowest BCUT2D eigenvalue weighted by Crippen LogP contribution is -1.79. The lowest BCUT2D eigenvalue weighted by Gasteiger charge is -1.97. The van der Waals surface area contributed by atoms with Crippen LogP contribution < -0.4 is 5.73 Å². The van der Waals surface area contributed by atoms with Crippen molar-refractivity contribution < 1.29 is 8.94 Å². The van der Waals surface area contributed by atoms with Crippen molar-refractivity contribution in [3.05, 3.63) is 48.0 Å². The van der Waals surface area contributed by atoms with Gasteiger partial charge in [0, 0.05) is 11.6 Å². The van der Waals surface area contributed by atoms with Crippen LogP contribution in [0.4, 0.5) is 5.82 Å². The normalized spacial score (nSPS) is 10.7. The van der Waals surface area contributed by atoms with Crippen molar-refractivity contribution in [2.24, 2.45) is 0 Å². The second kappa shape index (κ2) is 4.07. The van der Waals surface area contributed by atoms with Gasteiger partial charge in [-0.1, -0.05) is 35.0 Å². The van der Waals surface area contributed by atoms with Gasteiger partial charge in [-0.15, -0.1) is 0 Å². The zero-order valence-electron chi connectivity index (χ0n) is 9.88. The summed E-state index contributed by atoms with van der Waals surface area (Å²) < 4.78 is 10.8. The van der Waals surface area contributed by atoms with Crippen LogP contribution in [0.25, 0.3) is 22.8 Å². The number of nitrogens with two attached hydrogens (primary N) is 1. The number of anilines is 1. The number of aryl methyl sites for hydroxylation is 1. The molecule has 0 saturated carbocycles. The summed E-state index contributed by atoms with van der Waals surface area (Å²) >= 11 is 0. The Kier molecular flexibility index (Phi) is 2.41. The lowest BCUT2D eigenvalue weighted by molar-refractivity contribution is 0.422. The molecule has 0 unspecified atom stereocenters.